The minimum absolute atomic E-state index is 0.100. The van der Waals surface area contributed by atoms with E-state index in [4.69, 9.17) is 10.5 Å². The standard InChI is InChI=1S/C15H24N2O/c1-12(10-17-11-14-8-5-9-18-14)15(16)13-6-3-2-4-7-13/h2-4,6-7,12,14-15,17H,5,8-11,16H2,1H3. The number of hydrogen-bond donors (Lipinski definition) is 2. The first kappa shape index (κ1) is 13.5. The van der Waals surface area contributed by atoms with Gasteiger partial charge in [0.05, 0.1) is 6.10 Å². The third-order valence-corrected chi connectivity index (χ3v) is 3.66. The molecular weight excluding hydrogens is 224 g/mol. The third-order valence-electron chi connectivity index (χ3n) is 3.66. The molecule has 3 atom stereocenters. The van der Waals surface area contributed by atoms with E-state index < -0.39 is 0 Å². The maximum Gasteiger partial charge on any atom is 0.0700 e. The molecule has 1 aliphatic heterocycles. The fourth-order valence-electron chi connectivity index (χ4n) is 2.41. The van der Waals surface area contributed by atoms with E-state index in [0.717, 1.165) is 19.7 Å². The summed E-state index contributed by atoms with van der Waals surface area (Å²) in [5, 5.41) is 3.47. The van der Waals surface area contributed by atoms with Crippen LogP contribution >= 0.6 is 0 Å². The molecule has 18 heavy (non-hydrogen) atoms. The van der Waals surface area contributed by atoms with Gasteiger partial charge in [0.1, 0.15) is 0 Å². The first-order valence-electron chi connectivity index (χ1n) is 6.90. The molecule has 0 aliphatic carbocycles. The summed E-state index contributed by atoms with van der Waals surface area (Å²) in [4.78, 5) is 0. The SMILES string of the molecule is CC(CNCC1CCCO1)C(N)c1ccccc1. The van der Waals surface area contributed by atoms with Crippen LogP contribution < -0.4 is 11.1 Å². The van der Waals surface area contributed by atoms with Crippen molar-refractivity contribution in [1.29, 1.82) is 0 Å². The van der Waals surface area contributed by atoms with Crippen LogP contribution in [0.5, 0.6) is 0 Å². The molecule has 3 unspecified atom stereocenters. The smallest absolute Gasteiger partial charge is 0.0700 e. The minimum Gasteiger partial charge on any atom is -0.377 e. The van der Waals surface area contributed by atoms with Crippen LogP contribution in [0.3, 0.4) is 0 Å². The molecule has 1 saturated heterocycles. The topological polar surface area (TPSA) is 47.3 Å². The zero-order valence-corrected chi connectivity index (χ0v) is 11.1. The van der Waals surface area contributed by atoms with Crippen LogP contribution in [-0.2, 0) is 4.74 Å². The summed E-state index contributed by atoms with van der Waals surface area (Å²) < 4.78 is 5.59. The number of benzene rings is 1. The summed E-state index contributed by atoms with van der Waals surface area (Å²) in [5.41, 5.74) is 7.47. The second-order valence-corrected chi connectivity index (χ2v) is 5.21. The largest absolute Gasteiger partial charge is 0.377 e. The number of nitrogens with two attached hydrogens (primary N) is 1. The third kappa shape index (κ3) is 3.80. The Morgan fingerprint density at radius 1 is 1.39 bits per heavy atom. The molecule has 3 N–H and O–H groups in total. The van der Waals surface area contributed by atoms with Crippen molar-refractivity contribution in [3.05, 3.63) is 35.9 Å². The first-order valence-corrected chi connectivity index (χ1v) is 6.90. The van der Waals surface area contributed by atoms with Crippen LogP contribution in [-0.4, -0.2) is 25.8 Å². The molecule has 1 heterocycles. The number of nitrogens with one attached hydrogen (secondary N) is 1. The molecule has 1 fully saturated rings. The zero-order chi connectivity index (χ0) is 12.8. The van der Waals surface area contributed by atoms with Gasteiger partial charge in [-0.05, 0) is 30.9 Å². The lowest BCUT2D eigenvalue weighted by atomic mass is 9.95. The van der Waals surface area contributed by atoms with Gasteiger partial charge in [0.15, 0.2) is 0 Å². The Kier molecular flexibility index (Phi) is 5.17. The van der Waals surface area contributed by atoms with Gasteiger partial charge < -0.3 is 15.8 Å². The number of ether oxygens (including phenoxy) is 1. The molecule has 0 radical (unpaired) electrons. The van der Waals surface area contributed by atoms with E-state index in [2.05, 4.69) is 24.4 Å². The lowest BCUT2D eigenvalue weighted by molar-refractivity contribution is 0.109. The molecule has 3 heteroatoms. The van der Waals surface area contributed by atoms with E-state index >= 15 is 0 Å². The fourth-order valence-corrected chi connectivity index (χ4v) is 2.41. The molecule has 0 bridgehead atoms. The molecule has 1 aromatic rings. The summed E-state index contributed by atoms with van der Waals surface area (Å²) >= 11 is 0. The van der Waals surface area contributed by atoms with Crippen molar-refractivity contribution >= 4 is 0 Å². The van der Waals surface area contributed by atoms with Gasteiger partial charge in [-0.2, -0.15) is 0 Å². The molecule has 0 amide bonds. The quantitative estimate of drug-likeness (QED) is 0.810. The van der Waals surface area contributed by atoms with Crippen molar-refractivity contribution in [3.8, 4) is 0 Å². The van der Waals surface area contributed by atoms with Crippen LogP contribution in [0.25, 0.3) is 0 Å². The Balaban J connectivity index is 1.72. The maximum absolute atomic E-state index is 6.26. The first-order chi connectivity index (χ1) is 8.77. The summed E-state index contributed by atoms with van der Waals surface area (Å²) in [5.74, 6) is 0.425. The second kappa shape index (κ2) is 6.88. The highest BCUT2D eigenvalue weighted by molar-refractivity contribution is 5.19. The number of hydrogen-bond acceptors (Lipinski definition) is 3. The highest BCUT2D eigenvalue weighted by Gasteiger charge is 2.17. The van der Waals surface area contributed by atoms with Crippen LogP contribution in [0.2, 0.25) is 0 Å². The molecule has 0 spiro atoms. The zero-order valence-electron chi connectivity index (χ0n) is 11.1. The van der Waals surface area contributed by atoms with Gasteiger partial charge >= 0.3 is 0 Å². The second-order valence-electron chi connectivity index (χ2n) is 5.21. The average Bonchev–Trinajstić information content (AvgIpc) is 2.92. The van der Waals surface area contributed by atoms with Crippen molar-refractivity contribution in [2.24, 2.45) is 11.7 Å². The monoisotopic (exact) mass is 248 g/mol. The Labute approximate surface area is 110 Å². The van der Waals surface area contributed by atoms with Crippen molar-refractivity contribution in [1.82, 2.24) is 5.32 Å². The Bertz CT molecular complexity index is 336. The average molecular weight is 248 g/mol. The highest BCUT2D eigenvalue weighted by atomic mass is 16.5. The van der Waals surface area contributed by atoms with Crippen molar-refractivity contribution in [2.45, 2.75) is 31.9 Å². The lowest BCUT2D eigenvalue weighted by Gasteiger charge is -2.21. The molecule has 1 aromatic carbocycles. The highest BCUT2D eigenvalue weighted by Crippen LogP contribution is 2.18. The fraction of sp³-hybridized carbons (Fsp3) is 0.600. The van der Waals surface area contributed by atoms with Crippen LogP contribution in [0.1, 0.15) is 31.4 Å². The summed E-state index contributed by atoms with van der Waals surface area (Å²) in [6, 6.07) is 10.4. The van der Waals surface area contributed by atoms with Gasteiger partial charge in [-0.3, -0.25) is 0 Å². The Morgan fingerprint density at radius 3 is 2.83 bits per heavy atom. The van der Waals surface area contributed by atoms with Gasteiger partial charge in [-0.15, -0.1) is 0 Å². The molecule has 2 rings (SSSR count). The Hall–Kier alpha value is -0.900. The lowest BCUT2D eigenvalue weighted by Crippen LogP contribution is -2.33. The van der Waals surface area contributed by atoms with Crippen LogP contribution in [0.4, 0.5) is 0 Å². The van der Waals surface area contributed by atoms with Gasteiger partial charge in [0.2, 0.25) is 0 Å². The van der Waals surface area contributed by atoms with Crippen LogP contribution in [0, 0.1) is 5.92 Å². The van der Waals surface area contributed by atoms with Gasteiger partial charge in [0, 0.05) is 19.2 Å². The van der Waals surface area contributed by atoms with E-state index in [1.807, 2.05) is 18.2 Å². The summed E-state index contributed by atoms with van der Waals surface area (Å²) in [6.45, 7) is 5.01. The van der Waals surface area contributed by atoms with Crippen molar-refractivity contribution in [2.75, 3.05) is 19.7 Å². The maximum atomic E-state index is 6.26. The number of rotatable bonds is 6. The molecule has 0 aromatic heterocycles. The molecule has 0 saturated carbocycles. The Morgan fingerprint density at radius 2 is 2.17 bits per heavy atom. The van der Waals surface area contributed by atoms with Crippen molar-refractivity contribution < 1.29 is 4.74 Å². The minimum atomic E-state index is 0.100. The van der Waals surface area contributed by atoms with E-state index in [0.29, 0.717) is 12.0 Å². The molecule has 3 nitrogen and oxygen atoms in total. The molecule has 1 aliphatic rings. The molecule has 100 valence electrons. The van der Waals surface area contributed by atoms with E-state index in [9.17, 15) is 0 Å². The predicted molar refractivity (Wildman–Crippen MR) is 74.4 cm³/mol. The van der Waals surface area contributed by atoms with Gasteiger partial charge in [-0.25, -0.2) is 0 Å². The summed E-state index contributed by atoms with van der Waals surface area (Å²) in [6.07, 6.45) is 2.79. The van der Waals surface area contributed by atoms with Crippen LogP contribution in [0.15, 0.2) is 30.3 Å². The molecular formula is C15H24N2O. The predicted octanol–water partition coefficient (Wildman–Crippen LogP) is 2.09. The summed E-state index contributed by atoms with van der Waals surface area (Å²) in [7, 11) is 0. The normalized spacial score (nSPS) is 22.9. The van der Waals surface area contributed by atoms with Crippen molar-refractivity contribution in [3.63, 3.8) is 0 Å². The van der Waals surface area contributed by atoms with E-state index in [1.165, 1.54) is 18.4 Å². The van der Waals surface area contributed by atoms with Gasteiger partial charge in [-0.1, -0.05) is 37.3 Å². The van der Waals surface area contributed by atoms with E-state index in [1.54, 1.807) is 0 Å². The van der Waals surface area contributed by atoms with Gasteiger partial charge in [0.25, 0.3) is 0 Å². The van der Waals surface area contributed by atoms with E-state index in [-0.39, 0.29) is 6.04 Å².